The Kier molecular flexibility index (Phi) is 2.82. The topological polar surface area (TPSA) is 89.7 Å². The Bertz CT molecular complexity index is 737. The van der Waals surface area contributed by atoms with Gasteiger partial charge in [-0.1, -0.05) is 30.3 Å². The van der Waals surface area contributed by atoms with Crippen LogP contribution in [-0.2, 0) is 0 Å². The van der Waals surface area contributed by atoms with Gasteiger partial charge in [-0.05, 0) is 0 Å². The van der Waals surface area contributed by atoms with Crippen molar-refractivity contribution in [2.24, 2.45) is 4.99 Å². The van der Waals surface area contributed by atoms with Gasteiger partial charge < -0.3 is 0 Å². The van der Waals surface area contributed by atoms with Crippen molar-refractivity contribution in [3.05, 3.63) is 58.5 Å². The molecule has 94 valence electrons. The fourth-order valence-corrected chi connectivity index (χ4v) is 1.78. The van der Waals surface area contributed by atoms with Crippen LogP contribution in [0.2, 0.25) is 0 Å². The van der Waals surface area contributed by atoms with Crippen LogP contribution >= 0.6 is 0 Å². The quantitative estimate of drug-likeness (QED) is 0.622. The summed E-state index contributed by atoms with van der Waals surface area (Å²) >= 11 is 0. The molecule has 0 aliphatic rings. The standard InChI is InChI=1S/C13H11N5O/c19-13-10(8-14-11-6-7-15-16-11)12(17-18-13)9-4-2-1-3-5-9/h1-8H,(H,15,16)(H2,17,18,19). The van der Waals surface area contributed by atoms with E-state index in [1.807, 2.05) is 30.3 Å². The summed E-state index contributed by atoms with van der Waals surface area (Å²) in [4.78, 5) is 15.9. The van der Waals surface area contributed by atoms with Gasteiger partial charge in [0.05, 0.1) is 17.5 Å². The number of aliphatic imine (C=N–C) groups is 1. The lowest BCUT2D eigenvalue weighted by atomic mass is 10.1. The minimum atomic E-state index is -0.206. The minimum Gasteiger partial charge on any atom is -0.297 e. The Balaban J connectivity index is 2.02. The predicted molar refractivity (Wildman–Crippen MR) is 72.7 cm³/mol. The second-order valence-electron chi connectivity index (χ2n) is 3.93. The first-order chi connectivity index (χ1) is 9.34. The number of rotatable bonds is 3. The van der Waals surface area contributed by atoms with Crippen LogP contribution in [0.15, 0.2) is 52.4 Å². The molecule has 0 atom stereocenters. The van der Waals surface area contributed by atoms with Crippen LogP contribution < -0.4 is 5.56 Å². The zero-order valence-corrected chi connectivity index (χ0v) is 9.92. The van der Waals surface area contributed by atoms with Gasteiger partial charge in [0, 0.05) is 17.8 Å². The highest BCUT2D eigenvalue weighted by Crippen LogP contribution is 2.17. The summed E-state index contributed by atoms with van der Waals surface area (Å²) in [5, 5.41) is 11.9. The van der Waals surface area contributed by atoms with Crippen LogP contribution in [0, 0.1) is 0 Å². The van der Waals surface area contributed by atoms with E-state index in [1.165, 1.54) is 6.21 Å². The lowest BCUT2D eigenvalue weighted by molar-refractivity contribution is 1.06. The largest absolute Gasteiger partial charge is 0.297 e. The Morgan fingerprint density at radius 3 is 2.68 bits per heavy atom. The third-order valence-corrected chi connectivity index (χ3v) is 2.70. The average Bonchev–Trinajstić information content (AvgIpc) is 3.07. The summed E-state index contributed by atoms with van der Waals surface area (Å²) < 4.78 is 0. The van der Waals surface area contributed by atoms with E-state index in [2.05, 4.69) is 25.4 Å². The molecule has 1 aromatic carbocycles. The number of aromatic amines is 3. The first-order valence-corrected chi connectivity index (χ1v) is 5.74. The maximum absolute atomic E-state index is 11.8. The first-order valence-electron chi connectivity index (χ1n) is 5.74. The number of nitrogens with zero attached hydrogens (tertiary/aromatic N) is 2. The fraction of sp³-hybridized carbons (Fsp3) is 0. The zero-order chi connectivity index (χ0) is 13.1. The molecule has 0 bridgehead atoms. The van der Waals surface area contributed by atoms with Crippen molar-refractivity contribution in [2.75, 3.05) is 0 Å². The Morgan fingerprint density at radius 2 is 1.95 bits per heavy atom. The van der Waals surface area contributed by atoms with Gasteiger partial charge in [-0.2, -0.15) is 5.10 Å². The molecule has 0 aliphatic heterocycles. The molecule has 3 rings (SSSR count). The molecule has 6 nitrogen and oxygen atoms in total. The number of hydrogen-bond donors (Lipinski definition) is 3. The molecule has 0 fully saturated rings. The van der Waals surface area contributed by atoms with E-state index < -0.39 is 0 Å². The normalized spacial score (nSPS) is 11.2. The van der Waals surface area contributed by atoms with Gasteiger partial charge in [0.2, 0.25) is 0 Å². The number of nitrogens with one attached hydrogen (secondary N) is 3. The van der Waals surface area contributed by atoms with E-state index in [0.29, 0.717) is 17.1 Å². The number of aromatic nitrogens is 4. The first kappa shape index (κ1) is 11.2. The lowest BCUT2D eigenvalue weighted by Gasteiger charge is -1.97. The molecule has 2 heterocycles. The highest BCUT2D eigenvalue weighted by molar-refractivity contribution is 5.89. The molecular formula is C13H11N5O. The van der Waals surface area contributed by atoms with Crippen LogP contribution in [0.5, 0.6) is 0 Å². The Hall–Kier alpha value is -2.89. The summed E-state index contributed by atoms with van der Waals surface area (Å²) in [5.41, 5.74) is 1.92. The monoisotopic (exact) mass is 253 g/mol. The summed E-state index contributed by atoms with van der Waals surface area (Å²) in [6.45, 7) is 0. The molecule has 2 aromatic heterocycles. The fourth-order valence-electron chi connectivity index (χ4n) is 1.78. The van der Waals surface area contributed by atoms with Crippen molar-refractivity contribution in [2.45, 2.75) is 0 Å². The lowest BCUT2D eigenvalue weighted by Crippen LogP contribution is -2.05. The van der Waals surface area contributed by atoms with E-state index in [1.54, 1.807) is 12.3 Å². The van der Waals surface area contributed by atoms with E-state index in [-0.39, 0.29) is 5.56 Å². The maximum Gasteiger partial charge on any atom is 0.273 e. The molecule has 6 heteroatoms. The third-order valence-electron chi connectivity index (χ3n) is 2.70. The second-order valence-corrected chi connectivity index (χ2v) is 3.93. The molecule has 0 saturated heterocycles. The van der Waals surface area contributed by atoms with Crippen molar-refractivity contribution in [3.8, 4) is 11.3 Å². The molecule has 0 aliphatic carbocycles. The van der Waals surface area contributed by atoms with Gasteiger partial charge >= 0.3 is 0 Å². The molecule has 0 saturated carbocycles. The van der Waals surface area contributed by atoms with Gasteiger partial charge in [0.25, 0.3) is 5.56 Å². The molecule has 0 unspecified atom stereocenters. The molecule has 3 N–H and O–H groups in total. The van der Waals surface area contributed by atoms with Gasteiger partial charge in [0.15, 0.2) is 0 Å². The number of benzene rings is 1. The van der Waals surface area contributed by atoms with Crippen LogP contribution in [-0.4, -0.2) is 26.6 Å². The van der Waals surface area contributed by atoms with Crippen LogP contribution in [0.4, 0.5) is 5.82 Å². The van der Waals surface area contributed by atoms with E-state index in [0.717, 1.165) is 5.56 Å². The third kappa shape index (κ3) is 2.23. The highest BCUT2D eigenvalue weighted by atomic mass is 16.1. The predicted octanol–water partition coefficient (Wildman–Crippen LogP) is 1.84. The molecular weight excluding hydrogens is 242 g/mol. The van der Waals surface area contributed by atoms with Crippen LogP contribution in [0.1, 0.15) is 5.56 Å². The van der Waals surface area contributed by atoms with E-state index >= 15 is 0 Å². The second kappa shape index (κ2) is 4.77. The highest BCUT2D eigenvalue weighted by Gasteiger charge is 2.09. The van der Waals surface area contributed by atoms with E-state index in [4.69, 9.17) is 0 Å². The van der Waals surface area contributed by atoms with Crippen LogP contribution in [0.25, 0.3) is 11.3 Å². The number of H-pyrrole nitrogens is 3. The molecule has 0 radical (unpaired) electrons. The summed E-state index contributed by atoms with van der Waals surface area (Å²) in [7, 11) is 0. The minimum absolute atomic E-state index is 0.206. The van der Waals surface area contributed by atoms with Gasteiger partial charge in [-0.25, -0.2) is 4.99 Å². The van der Waals surface area contributed by atoms with Crippen molar-refractivity contribution < 1.29 is 0 Å². The van der Waals surface area contributed by atoms with Crippen molar-refractivity contribution in [1.82, 2.24) is 20.4 Å². The van der Waals surface area contributed by atoms with Gasteiger partial charge in [-0.15, -0.1) is 0 Å². The molecule has 0 spiro atoms. The summed E-state index contributed by atoms with van der Waals surface area (Å²) in [6, 6.07) is 11.3. The molecule has 19 heavy (non-hydrogen) atoms. The van der Waals surface area contributed by atoms with E-state index in [9.17, 15) is 4.79 Å². The van der Waals surface area contributed by atoms with Crippen LogP contribution in [0.3, 0.4) is 0 Å². The Labute approximate surface area is 108 Å². The maximum atomic E-state index is 11.8. The van der Waals surface area contributed by atoms with Crippen molar-refractivity contribution >= 4 is 12.0 Å². The summed E-state index contributed by atoms with van der Waals surface area (Å²) in [6.07, 6.45) is 3.12. The van der Waals surface area contributed by atoms with Gasteiger partial charge in [0.1, 0.15) is 5.82 Å². The van der Waals surface area contributed by atoms with Crippen molar-refractivity contribution in [1.29, 1.82) is 0 Å². The average molecular weight is 253 g/mol. The zero-order valence-electron chi connectivity index (χ0n) is 9.92. The Morgan fingerprint density at radius 1 is 1.11 bits per heavy atom. The molecule has 3 aromatic rings. The SMILES string of the molecule is O=c1[nH][nH]c(-c2ccccc2)c1C=Nc1ccn[nH]1. The van der Waals surface area contributed by atoms with Crippen molar-refractivity contribution in [3.63, 3.8) is 0 Å². The number of hydrogen-bond acceptors (Lipinski definition) is 3. The molecule has 0 amide bonds. The van der Waals surface area contributed by atoms with Gasteiger partial charge in [-0.3, -0.25) is 20.1 Å². The summed E-state index contributed by atoms with van der Waals surface area (Å²) in [5.74, 6) is 0.597. The smallest absolute Gasteiger partial charge is 0.273 e.